The number of rotatable bonds is 14. The van der Waals surface area contributed by atoms with E-state index in [1.165, 1.54) is 63.6 Å². The van der Waals surface area contributed by atoms with E-state index in [1.807, 2.05) is 0 Å². The first-order chi connectivity index (χ1) is 31.9. The molecular weight excluding hydrogens is 896 g/mol. The number of methoxy groups -OCH3 is 2. The maximum Gasteiger partial charge on any atom is 0.402 e. The Bertz CT molecular complexity index is 2350. The number of aromatic hydroxyl groups is 3. The van der Waals surface area contributed by atoms with Crippen molar-refractivity contribution in [2.75, 3.05) is 27.4 Å². The van der Waals surface area contributed by atoms with E-state index in [0.29, 0.717) is 5.56 Å². The van der Waals surface area contributed by atoms with Crippen molar-refractivity contribution in [1.29, 1.82) is 0 Å². The molecule has 12 N–H and O–H groups in total. The van der Waals surface area contributed by atoms with Crippen LogP contribution < -0.4 is 18.9 Å². The summed E-state index contributed by atoms with van der Waals surface area (Å²) in [6, 6.07) is 12.1. The first-order valence-corrected chi connectivity index (χ1v) is 20.7. The highest BCUT2D eigenvalue weighted by Crippen LogP contribution is 2.46. The molecule has 0 spiro atoms. The Hall–Kier alpha value is -5.64. The first-order valence-electron chi connectivity index (χ1n) is 20.7. The zero-order valence-electron chi connectivity index (χ0n) is 35.8. The Morgan fingerprint density at radius 3 is 1.85 bits per heavy atom. The fourth-order valence-electron chi connectivity index (χ4n) is 7.57. The maximum absolute atomic E-state index is 12.6. The molecule has 0 aliphatic carbocycles. The van der Waals surface area contributed by atoms with Crippen LogP contribution in [-0.4, -0.2) is 187 Å². The summed E-state index contributed by atoms with van der Waals surface area (Å²) in [5.41, 5.74) is 0.544. The fraction of sp³-hybridized carbons (Fsp3) is 0.455. The second-order valence-electron chi connectivity index (χ2n) is 15.8. The molecule has 0 radical (unpaired) electrons. The summed E-state index contributed by atoms with van der Waals surface area (Å²) in [6.07, 6.45) is -22.8. The van der Waals surface area contributed by atoms with Crippen molar-refractivity contribution in [1.82, 2.24) is 0 Å². The third-order valence-corrected chi connectivity index (χ3v) is 11.3. The van der Waals surface area contributed by atoms with E-state index in [0.717, 1.165) is 12.1 Å². The Morgan fingerprint density at radius 1 is 0.657 bits per heavy atom. The molecule has 0 amide bonds. The van der Waals surface area contributed by atoms with Gasteiger partial charge in [0.05, 0.1) is 45.2 Å². The van der Waals surface area contributed by atoms with Gasteiger partial charge in [-0.25, -0.2) is 9.21 Å². The molecule has 0 saturated carbocycles. The summed E-state index contributed by atoms with van der Waals surface area (Å²) in [5.74, 6) is -2.64. The summed E-state index contributed by atoms with van der Waals surface area (Å²) in [7, 11) is 2.53. The molecule has 7 rings (SSSR count). The van der Waals surface area contributed by atoms with E-state index in [9.17, 15) is 66.1 Å². The summed E-state index contributed by atoms with van der Waals surface area (Å²) >= 11 is 0. The van der Waals surface area contributed by atoms with E-state index in [4.69, 9.17) is 47.0 Å². The average Bonchev–Trinajstić information content (AvgIpc) is 3.31. The number of hydrogen-bond acceptors (Lipinski definition) is 22. The Kier molecular flexibility index (Phi) is 15.2. The van der Waals surface area contributed by atoms with E-state index in [-0.39, 0.29) is 56.8 Å². The second-order valence-corrected chi connectivity index (χ2v) is 15.8. The monoisotopic (exact) mass is 947 g/mol. The lowest BCUT2D eigenvalue weighted by Crippen LogP contribution is -2.62. The van der Waals surface area contributed by atoms with Crippen molar-refractivity contribution >= 4 is 23.0 Å². The van der Waals surface area contributed by atoms with Gasteiger partial charge in [-0.3, -0.25) is 0 Å². The third kappa shape index (κ3) is 10.4. The molecule has 4 heterocycles. The van der Waals surface area contributed by atoms with Crippen LogP contribution in [0.3, 0.4) is 0 Å². The number of phenols is 3. The van der Waals surface area contributed by atoms with Gasteiger partial charge in [-0.1, -0.05) is 12.1 Å². The molecule has 4 aromatic rings. The zero-order valence-corrected chi connectivity index (χ0v) is 35.8. The van der Waals surface area contributed by atoms with Crippen LogP contribution in [0.1, 0.15) is 12.5 Å². The van der Waals surface area contributed by atoms with Gasteiger partial charge >= 0.3 is 17.3 Å². The predicted octanol–water partition coefficient (Wildman–Crippen LogP) is -1.01. The highest BCUT2D eigenvalue weighted by atomic mass is 16.7. The minimum Gasteiger partial charge on any atom is -0.508 e. The van der Waals surface area contributed by atoms with Gasteiger partial charge < -0.3 is 104 Å². The van der Waals surface area contributed by atoms with E-state index < -0.39 is 117 Å². The number of carbonyl (C=O) groups excluding carboxylic acids is 1. The molecule has 0 bridgehead atoms. The van der Waals surface area contributed by atoms with Gasteiger partial charge in [0.1, 0.15) is 83.7 Å². The summed E-state index contributed by atoms with van der Waals surface area (Å²) < 4.78 is 57.1. The standard InChI is InChI=1S/C44H50O23/c1-17-40(67-30(48)9-6-18-4-7-20(46)8-5-18)36(54)39(57)42(61-17)60-16-29-33(51)35(53)38(56)44(66-29)64-27-14-22-23(62-41(27)19-10-25(58-2)31(49)26(11-19)59-3)12-21(47)13-24(22)63-43-37(55)34(52)32(50)28(15-45)65-43/h4-14,17,28-29,32-40,42-45,50-57H,15-16H2,1-3H3,(H2-,46,47,48,49)/p+1/t17-,28+,29+,32+,33+,34-,35-,36-,37+,38+,39+,40-,42+,43+,44+/m0/s1. The zero-order chi connectivity index (χ0) is 48.4. The maximum atomic E-state index is 12.6. The van der Waals surface area contributed by atoms with E-state index in [1.54, 1.807) is 12.1 Å². The Morgan fingerprint density at radius 2 is 1.24 bits per heavy atom. The van der Waals surface area contributed by atoms with Crippen LogP contribution in [0.2, 0.25) is 0 Å². The van der Waals surface area contributed by atoms with Crippen LogP contribution in [0.4, 0.5) is 0 Å². The van der Waals surface area contributed by atoms with Crippen LogP contribution >= 0.6 is 0 Å². The molecule has 23 nitrogen and oxygen atoms in total. The van der Waals surface area contributed by atoms with Gasteiger partial charge in [-0.2, -0.15) is 0 Å². The van der Waals surface area contributed by atoms with Crippen LogP contribution in [0.15, 0.2) is 65.1 Å². The van der Waals surface area contributed by atoms with Crippen molar-refractivity contribution in [2.45, 2.75) is 99.0 Å². The predicted molar refractivity (Wildman–Crippen MR) is 224 cm³/mol. The molecule has 364 valence electrons. The SMILES string of the molecule is COc1cc(-c2[o+]c3cc(O)cc(O[C@@H]4O[C@H](CO)[C@@H](O)[C@H](O)[C@H]4O)c3cc2O[C@@H]2O[C@H](CO[C@@H]3O[C@@H](C)[C@H](OC(=O)C=Cc4ccc(O)cc4)[C@@H](O)[C@H]3O)[C@@H](O)[C@H](O)[C@H]2O)cc(OC)c1O. The van der Waals surface area contributed by atoms with Gasteiger partial charge in [-0.15, -0.1) is 0 Å². The van der Waals surface area contributed by atoms with Crippen molar-refractivity contribution in [3.8, 4) is 51.6 Å². The third-order valence-electron chi connectivity index (χ3n) is 11.3. The number of aliphatic hydroxyl groups excluding tert-OH is 9. The fourth-order valence-corrected chi connectivity index (χ4v) is 7.57. The van der Waals surface area contributed by atoms with Crippen molar-refractivity contribution in [3.05, 3.63) is 66.2 Å². The van der Waals surface area contributed by atoms with Gasteiger partial charge in [-0.05, 0) is 30.7 Å². The van der Waals surface area contributed by atoms with Crippen LogP contribution in [0.25, 0.3) is 28.4 Å². The van der Waals surface area contributed by atoms with Crippen molar-refractivity contribution in [3.63, 3.8) is 0 Å². The molecule has 67 heavy (non-hydrogen) atoms. The van der Waals surface area contributed by atoms with Gasteiger partial charge in [0.2, 0.25) is 24.1 Å². The van der Waals surface area contributed by atoms with E-state index in [2.05, 4.69) is 0 Å². The smallest absolute Gasteiger partial charge is 0.402 e. The Labute approximate surface area is 379 Å². The molecule has 3 aliphatic heterocycles. The lowest BCUT2D eigenvalue weighted by molar-refractivity contribution is -0.319. The summed E-state index contributed by atoms with van der Waals surface area (Å²) in [4.78, 5) is 12.6. The molecule has 15 atom stereocenters. The molecule has 3 saturated heterocycles. The minimum atomic E-state index is -1.99. The highest BCUT2D eigenvalue weighted by Gasteiger charge is 2.50. The molecule has 0 unspecified atom stereocenters. The number of hydrogen-bond donors (Lipinski definition) is 12. The highest BCUT2D eigenvalue weighted by molar-refractivity contribution is 5.89. The Balaban J connectivity index is 1.14. The number of ether oxygens (including phenoxy) is 9. The molecule has 3 aromatic carbocycles. The van der Waals surface area contributed by atoms with Crippen LogP contribution in [0, 0.1) is 0 Å². The van der Waals surface area contributed by atoms with Gasteiger partial charge in [0.15, 0.2) is 23.9 Å². The van der Waals surface area contributed by atoms with Gasteiger partial charge in [0, 0.05) is 30.3 Å². The molecular formula is C44H51O23+. The topological polar surface area (TPSA) is 354 Å². The second kappa shape index (κ2) is 20.7. The molecule has 1 aromatic heterocycles. The molecule has 3 fully saturated rings. The molecule has 23 heteroatoms. The van der Waals surface area contributed by atoms with Gasteiger partial charge in [0.25, 0.3) is 0 Å². The lowest BCUT2D eigenvalue weighted by atomic mass is 9.98. The van der Waals surface area contributed by atoms with E-state index >= 15 is 0 Å². The number of phenolic OH excluding ortho intramolecular Hbond substituents is 3. The number of benzene rings is 3. The quantitative estimate of drug-likeness (QED) is 0.0409. The minimum absolute atomic E-state index is 0.0227. The largest absolute Gasteiger partial charge is 0.508 e. The van der Waals surface area contributed by atoms with Crippen LogP contribution in [-0.2, 0) is 28.5 Å². The lowest BCUT2D eigenvalue weighted by Gasteiger charge is -2.42. The number of aliphatic hydroxyl groups is 9. The van der Waals surface area contributed by atoms with Crippen molar-refractivity contribution < 1.29 is 113 Å². The molecule has 3 aliphatic rings. The number of fused-ring (bicyclic) bond motifs is 1. The number of carbonyl (C=O) groups is 1. The summed E-state index contributed by atoms with van der Waals surface area (Å²) in [6.45, 7) is 0.00727. The summed E-state index contributed by atoms with van der Waals surface area (Å²) in [5, 5.41) is 127. The van der Waals surface area contributed by atoms with Crippen LogP contribution in [0.5, 0.6) is 40.2 Å². The normalized spacial score (nSPS) is 32.2. The number of esters is 1. The average molecular weight is 948 g/mol. The first kappa shape index (κ1) is 49.3. The van der Waals surface area contributed by atoms with Crippen molar-refractivity contribution in [2.24, 2.45) is 0 Å².